The molecule has 0 bridgehead atoms. The van der Waals surface area contributed by atoms with Crippen molar-refractivity contribution >= 4 is 11.9 Å². The van der Waals surface area contributed by atoms with Crippen LogP contribution in [-0.4, -0.2) is 50.6 Å². The standard InChI is InChI=1S/C40H42O8/c1-27(43-23-37-25-45-37)29-7-11-31(12-8-29)33-15-19-35(20-16-33)47-39(41)5-3-4-6-40(42)48-36-21-17-34(18-22-36)32-13-9-30(10-14-32)28(2)44-24-38-26-46-38/h7-22,27-28,37-38H,3-6,23-26H2,1-2H3. The van der Waals surface area contributed by atoms with Crippen molar-refractivity contribution < 1.29 is 38.0 Å². The maximum Gasteiger partial charge on any atom is 0.311 e. The van der Waals surface area contributed by atoms with Crippen molar-refractivity contribution in [1.82, 2.24) is 0 Å². The van der Waals surface area contributed by atoms with Gasteiger partial charge < -0.3 is 28.4 Å². The summed E-state index contributed by atoms with van der Waals surface area (Å²) in [5, 5.41) is 0. The van der Waals surface area contributed by atoms with Gasteiger partial charge in [-0.3, -0.25) is 9.59 Å². The zero-order chi connectivity index (χ0) is 33.3. The highest BCUT2D eigenvalue weighted by Gasteiger charge is 2.24. The minimum Gasteiger partial charge on any atom is -0.427 e. The van der Waals surface area contributed by atoms with E-state index in [0.29, 0.717) is 37.6 Å². The first-order chi connectivity index (χ1) is 23.4. The lowest BCUT2D eigenvalue weighted by Gasteiger charge is -2.13. The predicted molar refractivity (Wildman–Crippen MR) is 182 cm³/mol. The molecular weight excluding hydrogens is 608 g/mol. The zero-order valence-corrected chi connectivity index (χ0v) is 27.5. The molecule has 0 spiro atoms. The van der Waals surface area contributed by atoms with Gasteiger partial charge in [0.2, 0.25) is 0 Å². The van der Waals surface area contributed by atoms with Crippen molar-refractivity contribution in [1.29, 1.82) is 0 Å². The quantitative estimate of drug-likeness (QED) is 0.0490. The minimum absolute atomic E-state index is 0.00611. The van der Waals surface area contributed by atoms with E-state index in [2.05, 4.69) is 48.5 Å². The Morgan fingerprint density at radius 2 is 0.875 bits per heavy atom. The molecule has 4 aromatic carbocycles. The van der Waals surface area contributed by atoms with E-state index in [0.717, 1.165) is 46.6 Å². The monoisotopic (exact) mass is 650 g/mol. The Labute approximate surface area is 281 Å². The van der Waals surface area contributed by atoms with Gasteiger partial charge in [-0.15, -0.1) is 0 Å². The molecule has 8 nitrogen and oxygen atoms in total. The second-order valence-corrected chi connectivity index (χ2v) is 12.3. The van der Waals surface area contributed by atoms with Crippen molar-refractivity contribution in [2.45, 2.75) is 63.9 Å². The molecule has 0 aromatic heterocycles. The van der Waals surface area contributed by atoms with Gasteiger partial charge >= 0.3 is 11.9 Å². The Bertz CT molecular complexity index is 1500. The molecule has 0 saturated carbocycles. The van der Waals surface area contributed by atoms with E-state index in [4.69, 9.17) is 28.4 Å². The summed E-state index contributed by atoms with van der Waals surface area (Å²) in [4.78, 5) is 24.8. The summed E-state index contributed by atoms with van der Waals surface area (Å²) >= 11 is 0. The van der Waals surface area contributed by atoms with Gasteiger partial charge in [-0.2, -0.15) is 0 Å². The molecule has 0 aliphatic carbocycles. The third-order valence-electron chi connectivity index (χ3n) is 8.48. The summed E-state index contributed by atoms with van der Waals surface area (Å²) in [6, 6.07) is 31.4. The molecular formula is C40H42O8. The van der Waals surface area contributed by atoms with Crippen molar-refractivity contribution in [2.24, 2.45) is 0 Å². The van der Waals surface area contributed by atoms with Crippen molar-refractivity contribution in [2.75, 3.05) is 26.4 Å². The highest BCUT2D eigenvalue weighted by Crippen LogP contribution is 2.28. The second kappa shape index (κ2) is 16.2. The number of ether oxygens (including phenoxy) is 6. The number of esters is 2. The van der Waals surface area contributed by atoms with E-state index in [1.165, 1.54) is 0 Å². The van der Waals surface area contributed by atoms with E-state index in [1.54, 1.807) is 24.3 Å². The molecule has 4 aromatic rings. The number of carbonyl (C=O) groups excluding carboxylic acids is 2. The van der Waals surface area contributed by atoms with Crippen LogP contribution in [0.15, 0.2) is 97.1 Å². The number of hydrogen-bond donors (Lipinski definition) is 0. The molecule has 4 unspecified atom stereocenters. The van der Waals surface area contributed by atoms with Crippen LogP contribution in [0, 0.1) is 0 Å². The number of hydrogen-bond acceptors (Lipinski definition) is 8. The fourth-order valence-electron chi connectivity index (χ4n) is 5.25. The summed E-state index contributed by atoms with van der Waals surface area (Å²) < 4.78 is 33.1. The molecule has 6 rings (SSSR count). The van der Waals surface area contributed by atoms with Gasteiger partial charge in [0.05, 0.1) is 38.6 Å². The van der Waals surface area contributed by atoms with Gasteiger partial charge in [0.25, 0.3) is 0 Å². The molecule has 2 aliphatic rings. The Kier molecular flexibility index (Phi) is 11.3. The topological polar surface area (TPSA) is 96.1 Å². The van der Waals surface area contributed by atoms with Crippen LogP contribution in [0.3, 0.4) is 0 Å². The Hall–Kier alpha value is -4.34. The van der Waals surface area contributed by atoms with Crippen molar-refractivity contribution in [3.8, 4) is 33.8 Å². The van der Waals surface area contributed by atoms with Crippen LogP contribution in [0.2, 0.25) is 0 Å². The van der Waals surface area contributed by atoms with Gasteiger partial charge in [0.1, 0.15) is 23.7 Å². The van der Waals surface area contributed by atoms with Gasteiger partial charge in [-0.25, -0.2) is 0 Å². The molecule has 2 saturated heterocycles. The lowest BCUT2D eigenvalue weighted by Crippen LogP contribution is -2.10. The molecule has 250 valence electrons. The number of unbranched alkanes of at least 4 members (excludes halogenated alkanes) is 1. The summed E-state index contributed by atoms with van der Waals surface area (Å²) in [6.07, 6.45) is 2.00. The summed E-state index contributed by atoms with van der Waals surface area (Å²) in [6.45, 7) is 6.90. The summed E-state index contributed by atoms with van der Waals surface area (Å²) in [5.74, 6) is 0.326. The number of carbonyl (C=O) groups is 2. The fraction of sp³-hybridized carbons (Fsp3) is 0.350. The predicted octanol–water partition coefficient (Wildman–Crippen LogP) is 8.04. The number of epoxide rings is 2. The van der Waals surface area contributed by atoms with Crippen LogP contribution in [0.4, 0.5) is 0 Å². The maximum atomic E-state index is 12.4. The van der Waals surface area contributed by atoms with Crippen molar-refractivity contribution in [3.05, 3.63) is 108 Å². The van der Waals surface area contributed by atoms with Crippen LogP contribution in [0.1, 0.15) is 62.9 Å². The largest absolute Gasteiger partial charge is 0.427 e. The molecule has 0 amide bonds. The molecule has 4 atom stereocenters. The highest BCUT2D eigenvalue weighted by atomic mass is 16.6. The van der Waals surface area contributed by atoms with Gasteiger partial charge in [-0.05, 0) is 84.3 Å². The first kappa shape index (κ1) is 33.6. The Morgan fingerprint density at radius 1 is 0.562 bits per heavy atom. The van der Waals surface area contributed by atoms with Crippen LogP contribution in [0.25, 0.3) is 22.3 Å². The molecule has 0 radical (unpaired) electrons. The average Bonchev–Trinajstić information content (AvgIpc) is 4.05. The maximum absolute atomic E-state index is 12.4. The van der Waals surface area contributed by atoms with Gasteiger partial charge in [0, 0.05) is 12.8 Å². The van der Waals surface area contributed by atoms with E-state index in [1.807, 2.05) is 38.1 Å². The lowest BCUT2D eigenvalue weighted by atomic mass is 10.0. The summed E-state index contributed by atoms with van der Waals surface area (Å²) in [7, 11) is 0. The van der Waals surface area contributed by atoms with Crippen molar-refractivity contribution in [3.63, 3.8) is 0 Å². The highest BCUT2D eigenvalue weighted by molar-refractivity contribution is 5.74. The fourth-order valence-corrected chi connectivity index (χ4v) is 5.25. The Balaban J connectivity index is 0.872. The molecule has 2 fully saturated rings. The first-order valence-electron chi connectivity index (χ1n) is 16.7. The summed E-state index contributed by atoms with van der Waals surface area (Å²) in [5.41, 5.74) is 6.42. The zero-order valence-electron chi connectivity index (χ0n) is 27.5. The third kappa shape index (κ3) is 10.1. The van der Waals surface area contributed by atoms with E-state index < -0.39 is 0 Å². The Morgan fingerprint density at radius 3 is 1.19 bits per heavy atom. The normalized spacial score (nSPS) is 17.7. The molecule has 0 N–H and O–H groups in total. The van der Waals surface area contributed by atoms with E-state index in [-0.39, 0.29) is 49.2 Å². The van der Waals surface area contributed by atoms with Crippen LogP contribution < -0.4 is 9.47 Å². The second-order valence-electron chi connectivity index (χ2n) is 12.3. The number of rotatable bonds is 17. The molecule has 8 heteroatoms. The van der Waals surface area contributed by atoms with E-state index in [9.17, 15) is 9.59 Å². The average molecular weight is 651 g/mol. The smallest absolute Gasteiger partial charge is 0.311 e. The number of benzene rings is 4. The molecule has 2 aliphatic heterocycles. The van der Waals surface area contributed by atoms with Crippen LogP contribution in [0.5, 0.6) is 11.5 Å². The van der Waals surface area contributed by atoms with Crippen LogP contribution in [-0.2, 0) is 28.5 Å². The first-order valence-corrected chi connectivity index (χ1v) is 16.7. The lowest BCUT2D eigenvalue weighted by molar-refractivity contribution is -0.136. The molecule has 48 heavy (non-hydrogen) atoms. The third-order valence-corrected chi connectivity index (χ3v) is 8.48. The van der Waals surface area contributed by atoms with Gasteiger partial charge in [0.15, 0.2) is 0 Å². The van der Waals surface area contributed by atoms with Gasteiger partial charge in [-0.1, -0.05) is 72.8 Å². The minimum atomic E-state index is -0.329. The van der Waals surface area contributed by atoms with Crippen LogP contribution >= 0.6 is 0 Å². The SMILES string of the molecule is CC(OCC1CO1)c1ccc(-c2ccc(OC(=O)CCCCC(=O)Oc3ccc(-c4ccc(C(C)OCC5CO5)cc4)cc3)cc2)cc1. The van der Waals surface area contributed by atoms with E-state index >= 15 is 0 Å². The molecule has 2 heterocycles.